The maximum atomic E-state index is 13.6. The second kappa shape index (κ2) is 10.0. The number of carbonyl (C=O) groups is 1. The van der Waals surface area contributed by atoms with Gasteiger partial charge in [-0.2, -0.15) is 0 Å². The molecule has 2 aromatic carbocycles. The Morgan fingerprint density at radius 2 is 1.94 bits per heavy atom. The van der Waals surface area contributed by atoms with Gasteiger partial charge < -0.3 is 5.32 Å². The number of benzene rings is 2. The van der Waals surface area contributed by atoms with Crippen LogP contribution in [0.25, 0.3) is 0 Å². The van der Waals surface area contributed by atoms with Crippen LogP contribution in [-0.4, -0.2) is 28.9 Å². The minimum Gasteiger partial charge on any atom is -0.343 e. The molecule has 0 unspecified atom stereocenters. The van der Waals surface area contributed by atoms with E-state index in [0.29, 0.717) is 12.1 Å². The van der Waals surface area contributed by atoms with Crippen molar-refractivity contribution in [3.8, 4) is 0 Å². The summed E-state index contributed by atoms with van der Waals surface area (Å²) in [7, 11) is 0. The SMILES string of the molecule is Cc1ccccc1C(=O)N[C@@H](c1ccccn1)[C@H]1CCCN(Cc2ccc(F)c(F)c2)C1. The molecule has 0 radical (unpaired) electrons. The highest BCUT2D eigenvalue weighted by Crippen LogP contribution is 2.30. The minimum absolute atomic E-state index is 0.114. The molecule has 4 nitrogen and oxygen atoms in total. The van der Waals surface area contributed by atoms with Crippen molar-refractivity contribution in [3.05, 3.63) is 101 Å². The second-order valence-corrected chi connectivity index (χ2v) is 8.41. The van der Waals surface area contributed by atoms with E-state index in [9.17, 15) is 13.6 Å². The largest absolute Gasteiger partial charge is 0.343 e. The maximum absolute atomic E-state index is 13.6. The standard InChI is InChI=1S/C26H27F2N3O/c1-18-7-2-3-9-21(18)26(32)30-25(24-10-4-5-13-29-24)20-8-6-14-31(17-20)16-19-11-12-22(27)23(28)15-19/h2-5,7,9-13,15,20,25H,6,8,14,16-17H2,1H3,(H,30,32)/t20-,25+/m0/s1. The Kier molecular flexibility index (Phi) is 6.90. The van der Waals surface area contributed by atoms with Crippen LogP contribution in [0, 0.1) is 24.5 Å². The van der Waals surface area contributed by atoms with Gasteiger partial charge in [-0.15, -0.1) is 0 Å². The van der Waals surface area contributed by atoms with Crippen molar-refractivity contribution in [1.29, 1.82) is 0 Å². The number of amides is 1. The number of carbonyl (C=O) groups excluding carboxylic acids is 1. The molecule has 166 valence electrons. The number of aryl methyl sites for hydroxylation is 1. The monoisotopic (exact) mass is 435 g/mol. The Bertz CT molecular complexity index is 1070. The number of rotatable bonds is 6. The summed E-state index contributed by atoms with van der Waals surface area (Å²) in [5, 5.41) is 3.22. The summed E-state index contributed by atoms with van der Waals surface area (Å²) in [5.41, 5.74) is 3.15. The molecule has 1 saturated heterocycles. The molecule has 32 heavy (non-hydrogen) atoms. The summed E-state index contributed by atoms with van der Waals surface area (Å²) in [6, 6.07) is 17.1. The Morgan fingerprint density at radius 3 is 2.69 bits per heavy atom. The third-order valence-corrected chi connectivity index (χ3v) is 6.09. The quantitative estimate of drug-likeness (QED) is 0.589. The smallest absolute Gasteiger partial charge is 0.252 e. The number of hydrogen-bond acceptors (Lipinski definition) is 3. The van der Waals surface area contributed by atoms with E-state index in [4.69, 9.17) is 0 Å². The zero-order valence-electron chi connectivity index (χ0n) is 18.1. The lowest BCUT2D eigenvalue weighted by molar-refractivity contribution is 0.0874. The number of hydrogen-bond donors (Lipinski definition) is 1. The van der Waals surface area contributed by atoms with Crippen molar-refractivity contribution in [3.63, 3.8) is 0 Å². The minimum atomic E-state index is -0.834. The van der Waals surface area contributed by atoms with Crippen molar-refractivity contribution in [2.45, 2.75) is 32.4 Å². The topological polar surface area (TPSA) is 45.2 Å². The first-order valence-corrected chi connectivity index (χ1v) is 10.9. The first-order valence-electron chi connectivity index (χ1n) is 10.9. The maximum Gasteiger partial charge on any atom is 0.252 e. The Labute approximate surface area is 187 Å². The molecule has 1 aliphatic rings. The van der Waals surface area contributed by atoms with Crippen molar-refractivity contribution in [2.75, 3.05) is 13.1 Å². The molecule has 2 atom stereocenters. The van der Waals surface area contributed by atoms with Gasteiger partial charge in [0.1, 0.15) is 0 Å². The fourth-order valence-corrected chi connectivity index (χ4v) is 4.44. The molecule has 0 aliphatic carbocycles. The van der Waals surface area contributed by atoms with Crippen LogP contribution in [0.5, 0.6) is 0 Å². The first kappa shape index (κ1) is 22.1. The first-order chi connectivity index (χ1) is 15.5. The molecule has 1 aliphatic heterocycles. The van der Waals surface area contributed by atoms with Crippen LogP contribution in [0.2, 0.25) is 0 Å². The molecule has 0 bridgehead atoms. The van der Waals surface area contributed by atoms with E-state index in [0.717, 1.165) is 42.8 Å². The normalized spacial score (nSPS) is 17.7. The molecule has 2 heterocycles. The van der Waals surface area contributed by atoms with Crippen LogP contribution in [-0.2, 0) is 6.54 Å². The molecule has 1 aromatic heterocycles. The third-order valence-electron chi connectivity index (χ3n) is 6.09. The average Bonchev–Trinajstić information content (AvgIpc) is 2.81. The van der Waals surface area contributed by atoms with Crippen molar-refractivity contribution in [1.82, 2.24) is 15.2 Å². The number of pyridine rings is 1. The van der Waals surface area contributed by atoms with Gasteiger partial charge in [0.2, 0.25) is 0 Å². The van der Waals surface area contributed by atoms with Gasteiger partial charge in [-0.05, 0) is 73.7 Å². The highest BCUT2D eigenvalue weighted by molar-refractivity contribution is 5.95. The number of aromatic nitrogens is 1. The number of nitrogens with one attached hydrogen (secondary N) is 1. The van der Waals surface area contributed by atoms with Gasteiger partial charge in [-0.1, -0.05) is 30.3 Å². The zero-order chi connectivity index (χ0) is 22.5. The molecule has 1 amide bonds. The van der Waals surface area contributed by atoms with Crippen LogP contribution < -0.4 is 5.32 Å². The number of likely N-dealkylation sites (tertiary alicyclic amines) is 1. The van der Waals surface area contributed by atoms with Gasteiger partial charge in [-0.3, -0.25) is 14.7 Å². The molecule has 3 aromatic rings. The number of halogens is 2. The van der Waals surface area contributed by atoms with E-state index >= 15 is 0 Å². The predicted molar refractivity (Wildman–Crippen MR) is 120 cm³/mol. The van der Waals surface area contributed by atoms with Crippen LogP contribution in [0.1, 0.15) is 46.1 Å². The summed E-state index contributed by atoms with van der Waals surface area (Å²) >= 11 is 0. The average molecular weight is 436 g/mol. The van der Waals surface area contributed by atoms with E-state index in [1.165, 1.54) is 12.1 Å². The fourth-order valence-electron chi connectivity index (χ4n) is 4.44. The summed E-state index contributed by atoms with van der Waals surface area (Å²) < 4.78 is 26.9. The van der Waals surface area contributed by atoms with Gasteiger partial charge in [0.15, 0.2) is 11.6 Å². The Balaban J connectivity index is 1.53. The van der Waals surface area contributed by atoms with Crippen LogP contribution in [0.3, 0.4) is 0 Å². The van der Waals surface area contributed by atoms with E-state index in [1.807, 2.05) is 49.4 Å². The molecule has 1 fully saturated rings. The molecule has 1 N–H and O–H groups in total. The summed E-state index contributed by atoms with van der Waals surface area (Å²) in [6.45, 7) is 4.06. The van der Waals surface area contributed by atoms with Gasteiger partial charge in [0.25, 0.3) is 5.91 Å². The lowest BCUT2D eigenvalue weighted by Gasteiger charge is -2.37. The van der Waals surface area contributed by atoms with Crippen LogP contribution >= 0.6 is 0 Å². The fraction of sp³-hybridized carbons (Fsp3) is 0.308. The highest BCUT2D eigenvalue weighted by atomic mass is 19.2. The molecular weight excluding hydrogens is 408 g/mol. The van der Waals surface area contributed by atoms with Gasteiger partial charge in [0, 0.05) is 24.8 Å². The molecule has 0 saturated carbocycles. The Hall–Kier alpha value is -3.12. The van der Waals surface area contributed by atoms with Gasteiger partial charge >= 0.3 is 0 Å². The van der Waals surface area contributed by atoms with Crippen molar-refractivity contribution < 1.29 is 13.6 Å². The molecule has 6 heteroatoms. The molecule has 4 rings (SSSR count). The van der Waals surface area contributed by atoms with E-state index in [1.54, 1.807) is 12.3 Å². The van der Waals surface area contributed by atoms with Crippen molar-refractivity contribution >= 4 is 5.91 Å². The number of piperidine rings is 1. The van der Waals surface area contributed by atoms with Gasteiger partial charge in [-0.25, -0.2) is 8.78 Å². The van der Waals surface area contributed by atoms with E-state index in [2.05, 4.69) is 15.2 Å². The number of nitrogens with zero attached hydrogens (tertiary/aromatic N) is 2. The second-order valence-electron chi connectivity index (χ2n) is 8.41. The predicted octanol–water partition coefficient (Wildman–Crippen LogP) is 5.05. The zero-order valence-corrected chi connectivity index (χ0v) is 18.1. The van der Waals surface area contributed by atoms with Crippen LogP contribution in [0.15, 0.2) is 66.9 Å². The van der Waals surface area contributed by atoms with Crippen molar-refractivity contribution in [2.24, 2.45) is 5.92 Å². The summed E-state index contributed by atoms with van der Waals surface area (Å²) in [6.07, 6.45) is 3.64. The third kappa shape index (κ3) is 5.19. The lowest BCUT2D eigenvalue weighted by Crippen LogP contribution is -2.43. The lowest BCUT2D eigenvalue weighted by atomic mass is 9.88. The molecular formula is C26H27F2N3O. The Morgan fingerprint density at radius 1 is 1.12 bits per heavy atom. The summed E-state index contributed by atoms with van der Waals surface area (Å²) in [5.74, 6) is -1.62. The highest BCUT2D eigenvalue weighted by Gasteiger charge is 2.31. The van der Waals surface area contributed by atoms with E-state index in [-0.39, 0.29) is 17.9 Å². The van der Waals surface area contributed by atoms with Gasteiger partial charge in [0.05, 0.1) is 11.7 Å². The molecule has 0 spiro atoms. The van der Waals surface area contributed by atoms with E-state index < -0.39 is 11.6 Å². The summed E-state index contributed by atoms with van der Waals surface area (Å²) in [4.78, 5) is 19.9. The van der Waals surface area contributed by atoms with Crippen LogP contribution in [0.4, 0.5) is 8.78 Å².